The van der Waals surface area contributed by atoms with Crippen molar-refractivity contribution in [1.82, 2.24) is 19.9 Å². The summed E-state index contributed by atoms with van der Waals surface area (Å²) in [6.07, 6.45) is 7.21. The number of aromatic nitrogens is 3. The molecular formula is C20H23N7O2. The maximum Gasteiger partial charge on any atom is 0.228 e. The summed E-state index contributed by atoms with van der Waals surface area (Å²) < 4.78 is 0. The Morgan fingerprint density at radius 3 is 2.72 bits per heavy atom. The van der Waals surface area contributed by atoms with Gasteiger partial charge in [-0.05, 0) is 32.5 Å². The fourth-order valence-electron chi connectivity index (χ4n) is 2.71. The van der Waals surface area contributed by atoms with Gasteiger partial charge in [0, 0.05) is 24.2 Å². The first-order chi connectivity index (χ1) is 14.0. The molecule has 0 aromatic carbocycles. The summed E-state index contributed by atoms with van der Waals surface area (Å²) in [5, 5.41) is 15.2. The quantitative estimate of drug-likeness (QED) is 0.617. The van der Waals surface area contributed by atoms with Crippen LogP contribution in [0.25, 0.3) is 11.3 Å². The van der Waals surface area contributed by atoms with Gasteiger partial charge in [-0.15, -0.1) is 0 Å². The molecule has 2 aromatic heterocycles. The van der Waals surface area contributed by atoms with E-state index in [4.69, 9.17) is 0 Å². The van der Waals surface area contributed by atoms with Gasteiger partial charge >= 0.3 is 0 Å². The number of pyridine rings is 1. The number of aldehydes is 1. The number of carbonyl (C=O) groups is 2. The lowest BCUT2D eigenvalue weighted by molar-refractivity contribution is -0.117. The van der Waals surface area contributed by atoms with Crippen molar-refractivity contribution in [2.24, 2.45) is 5.92 Å². The molecule has 0 saturated heterocycles. The SMILES string of the molecule is CCN(C)C[C@@H](C=O)Nc1cc(-c2cnc(NC(=O)C3CC3)cn2)cnc1C#N. The van der Waals surface area contributed by atoms with Crippen molar-refractivity contribution in [2.75, 3.05) is 30.8 Å². The molecule has 0 bridgehead atoms. The molecule has 9 nitrogen and oxygen atoms in total. The van der Waals surface area contributed by atoms with Gasteiger partial charge in [0.25, 0.3) is 0 Å². The molecule has 0 spiro atoms. The molecule has 1 amide bonds. The normalized spacial score (nSPS) is 14.1. The molecule has 1 aliphatic rings. The van der Waals surface area contributed by atoms with E-state index in [0.29, 0.717) is 29.3 Å². The van der Waals surface area contributed by atoms with Gasteiger partial charge in [-0.3, -0.25) is 9.78 Å². The van der Waals surface area contributed by atoms with Crippen LogP contribution in [0.3, 0.4) is 0 Å². The van der Waals surface area contributed by atoms with Gasteiger partial charge in [-0.2, -0.15) is 5.26 Å². The van der Waals surface area contributed by atoms with Crippen LogP contribution in [-0.2, 0) is 9.59 Å². The highest BCUT2D eigenvalue weighted by atomic mass is 16.2. The maximum atomic E-state index is 11.8. The van der Waals surface area contributed by atoms with Crippen molar-refractivity contribution < 1.29 is 9.59 Å². The first-order valence-electron chi connectivity index (χ1n) is 9.47. The van der Waals surface area contributed by atoms with Crippen molar-refractivity contribution in [1.29, 1.82) is 5.26 Å². The smallest absolute Gasteiger partial charge is 0.228 e. The second-order valence-electron chi connectivity index (χ2n) is 7.02. The lowest BCUT2D eigenvalue weighted by atomic mass is 10.1. The summed E-state index contributed by atoms with van der Waals surface area (Å²) in [5.41, 5.74) is 1.84. The monoisotopic (exact) mass is 393 g/mol. The molecule has 0 unspecified atom stereocenters. The Bertz CT molecular complexity index is 919. The van der Waals surface area contributed by atoms with E-state index in [1.54, 1.807) is 6.07 Å². The topological polar surface area (TPSA) is 124 Å². The van der Waals surface area contributed by atoms with Crippen LogP contribution < -0.4 is 10.6 Å². The molecule has 150 valence electrons. The number of amides is 1. The Morgan fingerprint density at radius 1 is 1.34 bits per heavy atom. The Morgan fingerprint density at radius 2 is 2.14 bits per heavy atom. The highest BCUT2D eigenvalue weighted by Crippen LogP contribution is 2.30. The molecular weight excluding hydrogens is 370 g/mol. The molecule has 3 rings (SSSR count). The van der Waals surface area contributed by atoms with Gasteiger partial charge in [0.05, 0.1) is 29.8 Å². The fraction of sp³-hybridized carbons (Fsp3) is 0.400. The van der Waals surface area contributed by atoms with E-state index in [0.717, 1.165) is 25.7 Å². The lowest BCUT2D eigenvalue weighted by Crippen LogP contribution is -2.35. The molecule has 2 aromatic rings. The molecule has 0 aliphatic heterocycles. The number of hydrogen-bond donors (Lipinski definition) is 2. The first kappa shape index (κ1) is 20.4. The van der Waals surface area contributed by atoms with E-state index in [-0.39, 0.29) is 17.5 Å². The number of anilines is 2. The summed E-state index contributed by atoms with van der Waals surface area (Å²) in [5.74, 6) is 0.454. The van der Waals surface area contributed by atoms with Gasteiger partial charge in [-0.1, -0.05) is 6.92 Å². The number of nitrogens with zero attached hydrogens (tertiary/aromatic N) is 5. The molecule has 2 N–H and O–H groups in total. The largest absolute Gasteiger partial charge is 0.372 e. The summed E-state index contributed by atoms with van der Waals surface area (Å²) in [6, 6.07) is 3.28. The van der Waals surface area contributed by atoms with Gasteiger partial charge < -0.3 is 20.3 Å². The molecule has 1 atom stereocenters. The second kappa shape index (κ2) is 9.21. The van der Waals surface area contributed by atoms with Gasteiger partial charge in [-0.25, -0.2) is 9.97 Å². The number of carbonyl (C=O) groups excluding carboxylic acids is 2. The minimum Gasteiger partial charge on any atom is -0.372 e. The third-order valence-corrected chi connectivity index (χ3v) is 4.69. The van der Waals surface area contributed by atoms with Crippen molar-refractivity contribution in [3.05, 3.63) is 30.4 Å². The molecule has 2 heterocycles. The highest BCUT2D eigenvalue weighted by Gasteiger charge is 2.29. The van der Waals surface area contributed by atoms with Crippen LogP contribution in [-0.4, -0.2) is 58.2 Å². The predicted octanol–water partition coefficient (Wildman–Crippen LogP) is 1.69. The van der Waals surface area contributed by atoms with Crippen LogP contribution in [0.4, 0.5) is 11.5 Å². The minimum absolute atomic E-state index is 0.0319. The number of nitrogens with one attached hydrogen (secondary N) is 2. The number of nitriles is 1. The minimum atomic E-state index is -0.477. The van der Waals surface area contributed by atoms with Crippen LogP contribution in [0.5, 0.6) is 0 Å². The number of likely N-dealkylation sites (N-methyl/N-ethyl adjacent to an activating group) is 1. The Hall–Kier alpha value is -3.38. The van der Waals surface area contributed by atoms with E-state index in [1.165, 1.54) is 18.6 Å². The fourth-order valence-corrected chi connectivity index (χ4v) is 2.71. The summed E-state index contributed by atoms with van der Waals surface area (Å²) >= 11 is 0. The van der Waals surface area contributed by atoms with Gasteiger partial charge in [0.2, 0.25) is 5.91 Å². The highest BCUT2D eigenvalue weighted by molar-refractivity contribution is 5.93. The third kappa shape index (κ3) is 5.33. The zero-order valence-electron chi connectivity index (χ0n) is 16.4. The van der Waals surface area contributed by atoms with E-state index in [9.17, 15) is 14.9 Å². The standard InChI is InChI=1S/C20H23N7O2/c1-3-27(2)11-15(12-28)25-16-6-14(8-22-17(16)7-21)18-9-24-19(10-23-18)26-20(29)13-4-5-13/h6,8-10,12-13,15,25H,3-5,11H2,1-2H3,(H,24,26,29)/t15-/m0/s1. The van der Waals surface area contributed by atoms with E-state index in [1.807, 2.05) is 24.9 Å². The van der Waals surface area contributed by atoms with Crippen molar-refractivity contribution in [3.63, 3.8) is 0 Å². The van der Waals surface area contributed by atoms with Crippen LogP contribution in [0, 0.1) is 17.2 Å². The first-order valence-corrected chi connectivity index (χ1v) is 9.47. The molecule has 1 saturated carbocycles. The van der Waals surface area contributed by atoms with Crippen LogP contribution in [0.2, 0.25) is 0 Å². The van der Waals surface area contributed by atoms with Crippen LogP contribution in [0.15, 0.2) is 24.7 Å². The molecule has 1 fully saturated rings. The van der Waals surface area contributed by atoms with Crippen molar-refractivity contribution in [3.8, 4) is 17.3 Å². The van der Waals surface area contributed by atoms with E-state index < -0.39 is 6.04 Å². The van der Waals surface area contributed by atoms with Gasteiger partial charge in [0.1, 0.15) is 12.4 Å². The Balaban J connectivity index is 1.77. The average Bonchev–Trinajstić information content (AvgIpc) is 3.59. The maximum absolute atomic E-state index is 11.8. The number of hydrogen-bond acceptors (Lipinski definition) is 8. The van der Waals surface area contributed by atoms with E-state index >= 15 is 0 Å². The Kier molecular flexibility index (Phi) is 6.46. The predicted molar refractivity (Wildman–Crippen MR) is 108 cm³/mol. The zero-order valence-corrected chi connectivity index (χ0v) is 16.4. The second-order valence-corrected chi connectivity index (χ2v) is 7.02. The molecule has 0 radical (unpaired) electrons. The van der Waals surface area contributed by atoms with E-state index in [2.05, 4.69) is 25.6 Å². The molecule has 9 heteroatoms. The van der Waals surface area contributed by atoms with Crippen LogP contribution >= 0.6 is 0 Å². The average molecular weight is 393 g/mol. The van der Waals surface area contributed by atoms with Gasteiger partial charge in [0.15, 0.2) is 11.5 Å². The third-order valence-electron chi connectivity index (χ3n) is 4.69. The molecule has 1 aliphatic carbocycles. The van der Waals surface area contributed by atoms with Crippen LogP contribution in [0.1, 0.15) is 25.5 Å². The molecule has 29 heavy (non-hydrogen) atoms. The lowest BCUT2D eigenvalue weighted by Gasteiger charge is -2.21. The van der Waals surface area contributed by atoms with Crippen molar-refractivity contribution in [2.45, 2.75) is 25.8 Å². The number of rotatable bonds is 9. The summed E-state index contributed by atoms with van der Waals surface area (Å²) in [6.45, 7) is 3.30. The van der Waals surface area contributed by atoms with Crippen molar-refractivity contribution >= 4 is 23.7 Å². The zero-order chi connectivity index (χ0) is 20.8. The summed E-state index contributed by atoms with van der Waals surface area (Å²) in [7, 11) is 1.91. The Labute approximate surface area is 169 Å². The summed E-state index contributed by atoms with van der Waals surface area (Å²) in [4.78, 5) is 38.0.